The molecule has 0 aromatic heterocycles. The topological polar surface area (TPSA) is 24.1 Å². The molecule has 2 saturated heterocycles. The number of nitrogens with one attached hydrogen (secondary N) is 2. The Bertz CT molecular complexity index is 453. The molecule has 2 aliphatic heterocycles. The Balaban J connectivity index is 0.000000404. The van der Waals surface area contributed by atoms with E-state index in [1.807, 2.05) is 13.8 Å². The van der Waals surface area contributed by atoms with Crippen LogP contribution in [-0.2, 0) is 5.41 Å². The Hall–Kier alpha value is -0.860. The third-order valence-electron chi connectivity index (χ3n) is 6.24. The summed E-state index contributed by atoms with van der Waals surface area (Å²) in [7, 11) is 0. The molecule has 0 radical (unpaired) electrons. The first-order valence-electron chi connectivity index (χ1n) is 12.7. The average Bonchev–Trinajstić information content (AvgIpc) is 2.77. The van der Waals surface area contributed by atoms with Crippen LogP contribution in [-0.4, -0.2) is 26.2 Å². The van der Waals surface area contributed by atoms with Crippen LogP contribution in [0.1, 0.15) is 93.6 Å². The molecule has 30 heavy (non-hydrogen) atoms. The van der Waals surface area contributed by atoms with Gasteiger partial charge in [0.05, 0.1) is 0 Å². The molecule has 3 rings (SSSR count). The maximum Gasteiger partial charge on any atom is -0.00181 e. The molecule has 0 spiro atoms. The Morgan fingerprint density at radius 3 is 1.57 bits per heavy atom. The molecule has 2 nitrogen and oxygen atoms in total. The highest BCUT2D eigenvalue weighted by molar-refractivity contribution is 5.21. The van der Waals surface area contributed by atoms with Crippen LogP contribution in [0.2, 0.25) is 0 Å². The first-order valence-corrected chi connectivity index (χ1v) is 12.7. The lowest BCUT2D eigenvalue weighted by Crippen LogP contribution is -2.32. The fourth-order valence-corrected chi connectivity index (χ4v) is 3.90. The summed E-state index contributed by atoms with van der Waals surface area (Å²) in [5, 5.41) is 6.79. The quantitative estimate of drug-likeness (QED) is 0.526. The zero-order valence-corrected chi connectivity index (χ0v) is 21.9. The number of benzene rings is 1. The molecule has 2 heterocycles. The fraction of sp³-hybridized carbons (Fsp3) is 0.786. The molecule has 0 aliphatic carbocycles. The lowest BCUT2D eigenvalue weighted by Gasteiger charge is -2.25. The highest BCUT2D eigenvalue weighted by atomic mass is 14.9. The maximum absolute atomic E-state index is 3.42. The average molecular weight is 419 g/mol. The Labute approximate surface area is 190 Å². The second-order valence-electron chi connectivity index (χ2n) is 10.3. The van der Waals surface area contributed by atoms with Crippen molar-refractivity contribution in [3.05, 3.63) is 35.9 Å². The molecule has 1 aromatic carbocycles. The number of piperidine rings is 2. The molecule has 176 valence electrons. The molecule has 1 atom stereocenters. The van der Waals surface area contributed by atoms with Crippen molar-refractivity contribution in [3.63, 3.8) is 0 Å². The Morgan fingerprint density at radius 1 is 0.733 bits per heavy atom. The van der Waals surface area contributed by atoms with Crippen molar-refractivity contribution in [1.82, 2.24) is 10.6 Å². The second-order valence-corrected chi connectivity index (χ2v) is 10.3. The summed E-state index contributed by atoms with van der Waals surface area (Å²) in [6.07, 6.45) is 5.59. The smallest absolute Gasteiger partial charge is 0.00181 e. The van der Waals surface area contributed by atoms with E-state index in [2.05, 4.69) is 89.4 Å². The fourth-order valence-electron chi connectivity index (χ4n) is 3.90. The molecule has 2 N–H and O–H groups in total. The van der Waals surface area contributed by atoms with E-state index in [0.29, 0.717) is 5.41 Å². The van der Waals surface area contributed by atoms with Crippen LogP contribution in [0.4, 0.5) is 0 Å². The monoisotopic (exact) mass is 418 g/mol. The molecule has 1 unspecified atom stereocenters. The maximum atomic E-state index is 3.42. The van der Waals surface area contributed by atoms with Crippen LogP contribution in [0.3, 0.4) is 0 Å². The van der Waals surface area contributed by atoms with Crippen LogP contribution in [0, 0.1) is 23.7 Å². The van der Waals surface area contributed by atoms with E-state index in [-0.39, 0.29) is 0 Å². The van der Waals surface area contributed by atoms with Crippen molar-refractivity contribution in [1.29, 1.82) is 0 Å². The van der Waals surface area contributed by atoms with Crippen molar-refractivity contribution in [2.45, 2.75) is 93.4 Å². The minimum absolute atomic E-state index is 0.293. The minimum atomic E-state index is 0.293. The molecule has 1 aromatic rings. The summed E-state index contributed by atoms with van der Waals surface area (Å²) in [5.74, 6) is 3.70. The lowest BCUT2D eigenvalue weighted by molar-refractivity contribution is 0.292. The van der Waals surface area contributed by atoms with E-state index in [9.17, 15) is 0 Å². The van der Waals surface area contributed by atoms with Gasteiger partial charge < -0.3 is 10.6 Å². The summed E-state index contributed by atoms with van der Waals surface area (Å²) in [5.41, 5.74) is 1.69. The molecule has 2 heteroatoms. The molecule has 0 saturated carbocycles. The zero-order chi connectivity index (χ0) is 23.0. The van der Waals surface area contributed by atoms with Gasteiger partial charge >= 0.3 is 0 Å². The minimum Gasteiger partial charge on any atom is -0.317 e. The van der Waals surface area contributed by atoms with Crippen LogP contribution < -0.4 is 10.6 Å². The van der Waals surface area contributed by atoms with E-state index in [1.54, 1.807) is 0 Å². The van der Waals surface area contributed by atoms with Gasteiger partial charge in [-0.25, -0.2) is 0 Å². The molecule has 0 bridgehead atoms. The van der Waals surface area contributed by atoms with Crippen LogP contribution >= 0.6 is 0 Å². The van der Waals surface area contributed by atoms with E-state index in [1.165, 1.54) is 57.4 Å². The van der Waals surface area contributed by atoms with Gasteiger partial charge in [0.2, 0.25) is 0 Å². The van der Waals surface area contributed by atoms with Crippen molar-refractivity contribution in [2.75, 3.05) is 26.2 Å². The molecule has 2 aliphatic rings. The first kappa shape index (κ1) is 29.1. The van der Waals surface area contributed by atoms with Crippen molar-refractivity contribution < 1.29 is 0 Å². The summed E-state index contributed by atoms with van der Waals surface area (Å²) >= 11 is 0. The number of hydrogen-bond acceptors (Lipinski definition) is 2. The van der Waals surface area contributed by atoms with Crippen LogP contribution in [0.25, 0.3) is 0 Å². The first-order chi connectivity index (χ1) is 14.2. The van der Waals surface area contributed by atoms with Gasteiger partial charge in [-0.05, 0) is 86.5 Å². The highest BCUT2D eigenvalue weighted by Gasteiger charge is 2.16. The Morgan fingerprint density at radius 2 is 1.27 bits per heavy atom. The summed E-state index contributed by atoms with van der Waals surface area (Å²) < 4.78 is 0. The van der Waals surface area contributed by atoms with E-state index >= 15 is 0 Å². The number of rotatable bonds is 2. The predicted octanol–water partition coefficient (Wildman–Crippen LogP) is 7.29. The van der Waals surface area contributed by atoms with E-state index in [4.69, 9.17) is 0 Å². The number of hydrogen-bond donors (Lipinski definition) is 2. The third kappa shape index (κ3) is 13.4. The van der Waals surface area contributed by atoms with Crippen molar-refractivity contribution in [3.8, 4) is 0 Å². The molecular weight excluding hydrogens is 364 g/mol. The summed E-state index contributed by atoms with van der Waals surface area (Å²) in [6, 6.07) is 10.6. The molecule has 2 fully saturated rings. The van der Waals surface area contributed by atoms with Gasteiger partial charge in [-0.2, -0.15) is 0 Å². The van der Waals surface area contributed by atoms with Gasteiger partial charge in [0, 0.05) is 0 Å². The van der Waals surface area contributed by atoms with Gasteiger partial charge in [0.25, 0.3) is 0 Å². The highest BCUT2D eigenvalue weighted by Crippen LogP contribution is 2.21. The molecular formula is C28H54N2. The van der Waals surface area contributed by atoms with Gasteiger partial charge in [-0.3, -0.25) is 0 Å². The van der Waals surface area contributed by atoms with Gasteiger partial charge in [0.15, 0.2) is 0 Å². The van der Waals surface area contributed by atoms with Crippen LogP contribution in [0.15, 0.2) is 30.3 Å². The SMILES string of the molecule is CC.CC(C)(C)c1ccccc1.CC(C)C1CCCNC1.CC(C)C1CCNCC1. The van der Waals surface area contributed by atoms with E-state index in [0.717, 1.165) is 23.7 Å². The van der Waals surface area contributed by atoms with Gasteiger partial charge in [0.1, 0.15) is 0 Å². The molecule has 0 amide bonds. The second kappa shape index (κ2) is 16.8. The van der Waals surface area contributed by atoms with Crippen molar-refractivity contribution >= 4 is 0 Å². The summed E-state index contributed by atoms with van der Waals surface area (Å²) in [4.78, 5) is 0. The lowest BCUT2D eigenvalue weighted by atomic mass is 9.87. The van der Waals surface area contributed by atoms with Gasteiger partial charge in [-0.1, -0.05) is 92.6 Å². The zero-order valence-electron chi connectivity index (χ0n) is 21.9. The predicted molar refractivity (Wildman–Crippen MR) is 137 cm³/mol. The van der Waals surface area contributed by atoms with Crippen molar-refractivity contribution in [2.24, 2.45) is 23.7 Å². The van der Waals surface area contributed by atoms with E-state index < -0.39 is 0 Å². The van der Waals surface area contributed by atoms with Crippen LogP contribution in [0.5, 0.6) is 0 Å². The third-order valence-corrected chi connectivity index (χ3v) is 6.24. The summed E-state index contributed by atoms with van der Waals surface area (Å²) in [6.45, 7) is 24.9. The largest absolute Gasteiger partial charge is 0.317 e. The van der Waals surface area contributed by atoms with Gasteiger partial charge in [-0.15, -0.1) is 0 Å². The normalized spacial score (nSPS) is 19.6. The Kier molecular flexibility index (Phi) is 16.3. The standard InChI is InChI=1S/C10H14.2C8H17N.C2H6/c1-10(2,3)9-7-5-4-6-8-9;1-7(2)8-3-5-9-6-4-8;1-7(2)8-4-3-5-9-6-8;1-2/h4-8H,1-3H3;2*7-9H,3-6H2,1-2H3;1-2H3.